The molecule has 11 heteroatoms. The number of hydrogen-bond acceptors (Lipinski definition) is 8. The molecule has 168 valence electrons. The quantitative estimate of drug-likeness (QED) is 0.393. The van der Waals surface area contributed by atoms with E-state index in [4.69, 9.17) is 20.9 Å². The summed E-state index contributed by atoms with van der Waals surface area (Å²) >= 11 is 0. The first kappa shape index (κ1) is 22.6. The van der Waals surface area contributed by atoms with Gasteiger partial charge in [0.15, 0.2) is 17.5 Å². The molecule has 3 rings (SSSR count). The fourth-order valence-electron chi connectivity index (χ4n) is 3.12. The average molecular weight is 436 g/mol. The zero-order valence-corrected chi connectivity index (χ0v) is 17.3. The molecule has 1 fully saturated rings. The van der Waals surface area contributed by atoms with Gasteiger partial charge in [-0.2, -0.15) is 0 Å². The van der Waals surface area contributed by atoms with E-state index in [1.165, 1.54) is 13.3 Å². The molecule has 9 nitrogen and oxygen atoms in total. The molecule has 2 aromatic rings. The Labute approximate surface area is 178 Å². The molecular formula is C20H26F2N6O3. The van der Waals surface area contributed by atoms with Crippen LogP contribution in [0.15, 0.2) is 18.3 Å². The number of pyridine rings is 2. The smallest absolute Gasteiger partial charge is 0.252 e. The van der Waals surface area contributed by atoms with Crippen molar-refractivity contribution in [2.75, 3.05) is 31.0 Å². The number of aromatic nitrogens is 2. The van der Waals surface area contributed by atoms with E-state index < -0.39 is 17.5 Å². The van der Waals surface area contributed by atoms with Crippen molar-refractivity contribution in [2.24, 2.45) is 17.4 Å². The van der Waals surface area contributed by atoms with Crippen molar-refractivity contribution in [1.29, 1.82) is 0 Å². The number of methoxy groups -OCH3 is 1. The Bertz CT molecular complexity index is 937. The summed E-state index contributed by atoms with van der Waals surface area (Å²) in [5.74, 6) is -2.34. The first-order valence-corrected chi connectivity index (χ1v) is 9.87. The number of halogens is 2. The van der Waals surface area contributed by atoms with E-state index in [1.54, 1.807) is 0 Å². The Morgan fingerprint density at radius 1 is 1.26 bits per heavy atom. The number of nitrogens with one attached hydrogen (secondary N) is 2. The Hall–Kier alpha value is -3.05. The molecular weight excluding hydrogens is 410 g/mol. The molecule has 1 saturated carbocycles. The molecule has 2 atom stereocenters. The molecule has 0 unspecified atom stereocenters. The fraction of sp³-hybridized carbons (Fsp3) is 0.450. The summed E-state index contributed by atoms with van der Waals surface area (Å²) in [4.78, 5) is 19.9. The largest absolute Gasteiger partial charge is 0.473 e. The van der Waals surface area contributed by atoms with Gasteiger partial charge in [-0.1, -0.05) is 0 Å². The lowest BCUT2D eigenvalue weighted by Crippen LogP contribution is -2.40. The molecule has 31 heavy (non-hydrogen) atoms. The lowest BCUT2D eigenvalue weighted by Gasteiger charge is -2.23. The molecule has 1 amide bonds. The SMILES string of the molecule is COCCOc1ncc(Nc2nc(N[C@H](C3CC3)[C@H](C)N)c(F)cc2C(N)=O)cc1F. The minimum absolute atomic E-state index is 0.0372. The Kier molecular flexibility index (Phi) is 7.18. The molecule has 0 spiro atoms. The minimum atomic E-state index is -0.890. The van der Waals surface area contributed by atoms with Gasteiger partial charge in [-0.3, -0.25) is 4.79 Å². The van der Waals surface area contributed by atoms with Gasteiger partial charge in [-0.25, -0.2) is 18.7 Å². The summed E-state index contributed by atoms with van der Waals surface area (Å²) < 4.78 is 38.9. The van der Waals surface area contributed by atoms with Gasteiger partial charge < -0.3 is 31.6 Å². The van der Waals surface area contributed by atoms with Crippen molar-refractivity contribution >= 4 is 23.2 Å². The molecule has 0 aliphatic heterocycles. The molecule has 0 saturated heterocycles. The van der Waals surface area contributed by atoms with E-state index in [9.17, 15) is 13.6 Å². The number of amides is 1. The lowest BCUT2D eigenvalue weighted by molar-refractivity contribution is 0.100. The van der Waals surface area contributed by atoms with Gasteiger partial charge in [-0.15, -0.1) is 0 Å². The van der Waals surface area contributed by atoms with Gasteiger partial charge in [0.1, 0.15) is 12.4 Å². The molecule has 2 heterocycles. The van der Waals surface area contributed by atoms with Crippen LogP contribution >= 0.6 is 0 Å². The molecule has 1 aliphatic carbocycles. The van der Waals surface area contributed by atoms with E-state index in [1.807, 2.05) is 6.92 Å². The van der Waals surface area contributed by atoms with Crippen LogP contribution in [0.5, 0.6) is 5.88 Å². The number of ether oxygens (including phenoxy) is 2. The van der Waals surface area contributed by atoms with Crippen LogP contribution < -0.4 is 26.8 Å². The maximum Gasteiger partial charge on any atom is 0.252 e. The van der Waals surface area contributed by atoms with Gasteiger partial charge in [0.25, 0.3) is 11.8 Å². The molecule has 0 radical (unpaired) electrons. The van der Waals surface area contributed by atoms with Crippen LogP contribution in [-0.2, 0) is 4.74 Å². The monoisotopic (exact) mass is 436 g/mol. The van der Waals surface area contributed by atoms with Crippen LogP contribution in [0.25, 0.3) is 0 Å². The first-order chi connectivity index (χ1) is 14.8. The molecule has 1 aliphatic rings. The summed E-state index contributed by atoms with van der Waals surface area (Å²) in [7, 11) is 1.50. The van der Waals surface area contributed by atoms with E-state index >= 15 is 0 Å². The zero-order valence-electron chi connectivity index (χ0n) is 17.3. The predicted octanol–water partition coefficient (Wildman–Crippen LogP) is 2.16. The van der Waals surface area contributed by atoms with E-state index in [0.717, 1.165) is 25.0 Å². The maximum absolute atomic E-state index is 14.6. The van der Waals surface area contributed by atoms with Crippen LogP contribution in [0.4, 0.5) is 26.1 Å². The van der Waals surface area contributed by atoms with Crippen molar-refractivity contribution in [3.63, 3.8) is 0 Å². The standard InChI is InChI=1S/C20H26F2N6O3/c1-10(23)16(11-3-4-11)27-19-14(21)8-13(17(24)29)18(28-19)26-12-7-15(22)20(25-9-12)31-6-5-30-2/h7-11,16H,3-6,23H2,1-2H3,(H2,24,29)(H2,26,27,28)/t10-,16-/m0/s1. The topological polar surface area (TPSA) is 137 Å². The van der Waals surface area contributed by atoms with Gasteiger partial charge in [0, 0.05) is 25.3 Å². The highest BCUT2D eigenvalue weighted by Crippen LogP contribution is 2.36. The fourth-order valence-corrected chi connectivity index (χ4v) is 3.12. The summed E-state index contributed by atoms with van der Waals surface area (Å²) in [5, 5.41) is 5.80. The number of primary amides is 1. The second-order valence-corrected chi connectivity index (χ2v) is 7.42. The van der Waals surface area contributed by atoms with Crippen molar-refractivity contribution in [3.8, 4) is 5.88 Å². The third-order valence-electron chi connectivity index (χ3n) is 4.84. The summed E-state index contributed by atoms with van der Waals surface area (Å²) in [6.45, 7) is 2.24. The van der Waals surface area contributed by atoms with Gasteiger partial charge >= 0.3 is 0 Å². The number of carbonyl (C=O) groups excluding carboxylic acids is 1. The number of carbonyl (C=O) groups is 1. The molecule has 6 N–H and O–H groups in total. The number of rotatable bonds is 11. The first-order valence-electron chi connectivity index (χ1n) is 9.87. The highest BCUT2D eigenvalue weighted by molar-refractivity contribution is 5.98. The summed E-state index contributed by atoms with van der Waals surface area (Å²) in [6, 6.07) is 1.70. The third-order valence-corrected chi connectivity index (χ3v) is 4.84. The Morgan fingerprint density at radius 3 is 2.58 bits per heavy atom. The van der Waals surface area contributed by atoms with Crippen LogP contribution in [0, 0.1) is 17.6 Å². The Balaban J connectivity index is 1.85. The van der Waals surface area contributed by atoms with E-state index in [0.29, 0.717) is 5.92 Å². The second-order valence-electron chi connectivity index (χ2n) is 7.42. The van der Waals surface area contributed by atoms with E-state index in [-0.39, 0.29) is 54.1 Å². The number of nitrogens with zero attached hydrogens (tertiary/aromatic N) is 2. The lowest BCUT2D eigenvalue weighted by atomic mass is 10.1. The number of nitrogens with two attached hydrogens (primary N) is 2. The molecule has 0 bridgehead atoms. The van der Waals surface area contributed by atoms with Crippen molar-refractivity contribution in [3.05, 3.63) is 35.5 Å². The van der Waals surface area contributed by atoms with Crippen molar-refractivity contribution in [2.45, 2.75) is 31.8 Å². The average Bonchev–Trinajstić information content (AvgIpc) is 3.54. The predicted molar refractivity (Wildman–Crippen MR) is 111 cm³/mol. The minimum Gasteiger partial charge on any atom is -0.473 e. The highest BCUT2D eigenvalue weighted by Gasteiger charge is 2.34. The zero-order chi connectivity index (χ0) is 22.5. The highest BCUT2D eigenvalue weighted by atomic mass is 19.1. The Morgan fingerprint density at radius 2 is 2.00 bits per heavy atom. The summed E-state index contributed by atoms with van der Waals surface area (Å²) in [5.41, 5.74) is 11.4. The number of anilines is 3. The van der Waals surface area contributed by atoms with Gasteiger partial charge in [-0.05, 0) is 31.7 Å². The van der Waals surface area contributed by atoms with Crippen LogP contribution in [-0.4, -0.2) is 48.3 Å². The van der Waals surface area contributed by atoms with Crippen molar-refractivity contribution < 1.29 is 23.0 Å². The number of hydrogen-bond donors (Lipinski definition) is 4. The van der Waals surface area contributed by atoms with E-state index in [2.05, 4.69) is 20.6 Å². The van der Waals surface area contributed by atoms with Gasteiger partial charge in [0.2, 0.25) is 0 Å². The third kappa shape index (κ3) is 5.76. The van der Waals surface area contributed by atoms with Crippen LogP contribution in [0.3, 0.4) is 0 Å². The van der Waals surface area contributed by atoms with Crippen molar-refractivity contribution in [1.82, 2.24) is 9.97 Å². The summed E-state index contributed by atoms with van der Waals surface area (Å²) in [6.07, 6.45) is 3.28. The maximum atomic E-state index is 14.6. The second kappa shape index (κ2) is 9.84. The van der Waals surface area contributed by atoms with Crippen LogP contribution in [0.2, 0.25) is 0 Å². The molecule has 2 aromatic heterocycles. The normalized spacial score (nSPS) is 15.3. The molecule has 0 aromatic carbocycles. The van der Waals surface area contributed by atoms with Gasteiger partial charge in [0.05, 0.1) is 24.1 Å². The van der Waals surface area contributed by atoms with Crippen LogP contribution in [0.1, 0.15) is 30.1 Å².